The van der Waals surface area contributed by atoms with Crippen molar-refractivity contribution in [1.82, 2.24) is 0 Å². The summed E-state index contributed by atoms with van der Waals surface area (Å²) in [6, 6.07) is 10.9. The standard InChI is InChI=1S/C20H14F2O4/c1-20(2)12-6-4-3-5-9(12)10-7-11-14(8-13(10)20)26-19(25)15(16(11)23)17(24)18(21)22/h3-8,18,23H,1-2H3. The van der Waals surface area contributed by atoms with E-state index in [-0.39, 0.29) is 16.4 Å². The highest BCUT2D eigenvalue weighted by molar-refractivity contribution is 6.05. The van der Waals surface area contributed by atoms with E-state index in [1.807, 2.05) is 38.1 Å². The second-order valence-corrected chi connectivity index (χ2v) is 6.84. The van der Waals surface area contributed by atoms with Gasteiger partial charge in [0.2, 0.25) is 5.78 Å². The van der Waals surface area contributed by atoms with Crippen molar-refractivity contribution >= 4 is 16.8 Å². The Kier molecular flexibility index (Phi) is 3.31. The predicted octanol–water partition coefficient (Wildman–Crippen LogP) is 4.25. The summed E-state index contributed by atoms with van der Waals surface area (Å²) in [7, 11) is 0. The van der Waals surface area contributed by atoms with E-state index in [9.17, 15) is 23.5 Å². The number of carbonyl (C=O) groups excluding carboxylic acids is 1. The van der Waals surface area contributed by atoms with Crippen LogP contribution in [0, 0.1) is 0 Å². The summed E-state index contributed by atoms with van der Waals surface area (Å²) in [5.41, 5.74) is 1.12. The smallest absolute Gasteiger partial charge is 0.351 e. The van der Waals surface area contributed by atoms with Gasteiger partial charge in [-0.25, -0.2) is 13.6 Å². The van der Waals surface area contributed by atoms with E-state index in [1.54, 1.807) is 12.1 Å². The molecule has 4 rings (SSSR count). The van der Waals surface area contributed by atoms with Gasteiger partial charge in [0.25, 0.3) is 0 Å². The molecule has 4 nitrogen and oxygen atoms in total. The maximum atomic E-state index is 12.8. The first kappa shape index (κ1) is 16.4. The molecule has 6 heteroatoms. The number of halogens is 2. The van der Waals surface area contributed by atoms with Crippen LogP contribution < -0.4 is 5.63 Å². The Morgan fingerprint density at radius 2 is 1.81 bits per heavy atom. The van der Waals surface area contributed by atoms with Crippen LogP contribution in [0.4, 0.5) is 8.78 Å². The van der Waals surface area contributed by atoms with E-state index >= 15 is 0 Å². The van der Waals surface area contributed by atoms with Gasteiger partial charge in [-0.05, 0) is 34.4 Å². The zero-order chi connectivity index (χ0) is 18.8. The summed E-state index contributed by atoms with van der Waals surface area (Å²) in [5.74, 6) is -2.52. The molecule has 0 unspecified atom stereocenters. The Morgan fingerprint density at radius 3 is 2.50 bits per heavy atom. The van der Waals surface area contributed by atoms with Gasteiger partial charge in [0.15, 0.2) is 5.56 Å². The topological polar surface area (TPSA) is 67.5 Å². The van der Waals surface area contributed by atoms with Crippen LogP contribution in [0.3, 0.4) is 0 Å². The number of Topliss-reactive ketones (excluding diaryl/α,β-unsaturated/α-hetero) is 1. The van der Waals surface area contributed by atoms with Crippen molar-refractivity contribution in [2.45, 2.75) is 25.7 Å². The van der Waals surface area contributed by atoms with Crippen LogP contribution in [0.25, 0.3) is 22.1 Å². The van der Waals surface area contributed by atoms with Crippen molar-refractivity contribution in [1.29, 1.82) is 0 Å². The first-order valence-electron chi connectivity index (χ1n) is 8.00. The number of ketones is 1. The van der Waals surface area contributed by atoms with Gasteiger partial charge in [-0.1, -0.05) is 38.1 Å². The molecule has 0 atom stereocenters. The molecule has 0 fully saturated rings. The lowest BCUT2D eigenvalue weighted by molar-refractivity contribution is 0.0671. The minimum absolute atomic E-state index is 0.0537. The number of hydrogen-bond donors (Lipinski definition) is 1. The molecular formula is C20H14F2O4. The van der Waals surface area contributed by atoms with Gasteiger partial charge >= 0.3 is 12.1 Å². The quantitative estimate of drug-likeness (QED) is 0.550. The molecule has 0 saturated carbocycles. The third-order valence-corrected chi connectivity index (χ3v) is 5.03. The summed E-state index contributed by atoms with van der Waals surface area (Å²) >= 11 is 0. The van der Waals surface area contributed by atoms with Gasteiger partial charge in [-0.15, -0.1) is 0 Å². The van der Waals surface area contributed by atoms with Gasteiger partial charge in [0, 0.05) is 5.41 Å². The van der Waals surface area contributed by atoms with Crippen LogP contribution >= 0.6 is 0 Å². The lowest BCUT2D eigenvalue weighted by Gasteiger charge is -2.21. The summed E-state index contributed by atoms with van der Waals surface area (Å²) in [5, 5.41) is 10.4. The number of carbonyl (C=O) groups is 1. The highest BCUT2D eigenvalue weighted by atomic mass is 19.3. The largest absolute Gasteiger partial charge is 0.506 e. The molecule has 1 aromatic heterocycles. The van der Waals surface area contributed by atoms with E-state index in [0.29, 0.717) is 0 Å². The van der Waals surface area contributed by atoms with E-state index in [1.165, 1.54) is 0 Å². The Labute approximate surface area is 146 Å². The SMILES string of the molecule is CC1(C)c2ccccc2-c2cc3c(O)c(C(=O)C(F)F)c(=O)oc3cc21. The number of fused-ring (bicyclic) bond motifs is 4. The first-order chi connectivity index (χ1) is 12.2. The minimum atomic E-state index is -3.41. The fraction of sp³-hybridized carbons (Fsp3) is 0.200. The molecule has 0 bridgehead atoms. The summed E-state index contributed by atoms with van der Waals surface area (Å²) < 4.78 is 30.6. The second kappa shape index (κ2) is 5.24. The number of benzene rings is 2. The summed E-state index contributed by atoms with van der Waals surface area (Å²) in [4.78, 5) is 23.6. The van der Waals surface area contributed by atoms with Crippen LogP contribution in [-0.2, 0) is 5.41 Å². The predicted molar refractivity (Wildman–Crippen MR) is 92.0 cm³/mol. The number of alkyl halides is 2. The lowest BCUT2D eigenvalue weighted by atomic mass is 9.82. The Morgan fingerprint density at radius 1 is 1.12 bits per heavy atom. The molecule has 0 radical (unpaired) electrons. The van der Waals surface area contributed by atoms with Gasteiger partial charge < -0.3 is 9.52 Å². The van der Waals surface area contributed by atoms with E-state index < -0.39 is 29.1 Å². The Hall–Kier alpha value is -3.02. The van der Waals surface area contributed by atoms with Crippen molar-refractivity contribution in [3.63, 3.8) is 0 Å². The fourth-order valence-electron chi connectivity index (χ4n) is 3.71. The molecular weight excluding hydrogens is 342 g/mol. The molecule has 1 heterocycles. The number of aromatic hydroxyl groups is 1. The molecule has 26 heavy (non-hydrogen) atoms. The van der Waals surface area contributed by atoms with Crippen molar-refractivity contribution < 1.29 is 23.1 Å². The normalized spacial score (nSPS) is 14.5. The average molecular weight is 356 g/mol. The van der Waals surface area contributed by atoms with Gasteiger partial charge in [-0.2, -0.15) is 0 Å². The van der Waals surface area contributed by atoms with Gasteiger partial charge in [0.05, 0.1) is 5.39 Å². The third-order valence-electron chi connectivity index (χ3n) is 5.03. The van der Waals surface area contributed by atoms with Gasteiger partial charge in [-0.3, -0.25) is 4.79 Å². The molecule has 0 aliphatic heterocycles. The van der Waals surface area contributed by atoms with Crippen LogP contribution in [0.15, 0.2) is 45.6 Å². The van der Waals surface area contributed by atoms with E-state index in [4.69, 9.17) is 4.42 Å². The Balaban J connectivity index is 2.08. The fourth-order valence-corrected chi connectivity index (χ4v) is 3.71. The van der Waals surface area contributed by atoms with Crippen LogP contribution in [-0.4, -0.2) is 17.3 Å². The molecule has 1 N–H and O–H groups in total. The summed E-state index contributed by atoms with van der Waals surface area (Å²) in [6.45, 7) is 4.05. The number of rotatable bonds is 2. The highest BCUT2D eigenvalue weighted by Gasteiger charge is 2.36. The van der Waals surface area contributed by atoms with Crippen molar-refractivity contribution in [2.75, 3.05) is 0 Å². The Bertz CT molecular complexity index is 1140. The maximum absolute atomic E-state index is 12.8. The van der Waals surface area contributed by atoms with Crippen LogP contribution in [0.2, 0.25) is 0 Å². The monoisotopic (exact) mass is 356 g/mol. The third kappa shape index (κ3) is 2.05. The van der Waals surface area contributed by atoms with Crippen LogP contribution in [0.1, 0.15) is 35.3 Å². The molecule has 3 aromatic rings. The zero-order valence-corrected chi connectivity index (χ0v) is 14.0. The molecule has 2 aromatic carbocycles. The molecule has 0 spiro atoms. The van der Waals surface area contributed by atoms with Gasteiger partial charge in [0.1, 0.15) is 11.3 Å². The minimum Gasteiger partial charge on any atom is -0.506 e. The maximum Gasteiger partial charge on any atom is 0.351 e. The van der Waals surface area contributed by atoms with Crippen molar-refractivity contribution in [3.8, 4) is 16.9 Å². The zero-order valence-electron chi connectivity index (χ0n) is 14.0. The average Bonchev–Trinajstić information content (AvgIpc) is 2.81. The van der Waals surface area contributed by atoms with Crippen molar-refractivity contribution in [3.05, 3.63) is 63.5 Å². The second-order valence-electron chi connectivity index (χ2n) is 6.84. The summed E-state index contributed by atoms with van der Waals surface area (Å²) in [6.07, 6.45) is -3.41. The molecule has 132 valence electrons. The number of hydrogen-bond acceptors (Lipinski definition) is 4. The van der Waals surface area contributed by atoms with E-state index in [0.717, 1.165) is 22.3 Å². The lowest BCUT2D eigenvalue weighted by Crippen LogP contribution is -2.20. The molecule has 0 saturated heterocycles. The first-order valence-corrected chi connectivity index (χ1v) is 8.00. The molecule has 1 aliphatic rings. The highest BCUT2D eigenvalue weighted by Crippen LogP contribution is 2.50. The van der Waals surface area contributed by atoms with Crippen molar-refractivity contribution in [2.24, 2.45) is 0 Å². The van der Waals surface area contributed by atoms with Crippen LogP contribution in [0.5, 0.6) is 5.75 Å². The molecule has 0 amide bonds. The van der Waals surface area contributed by atoms with E-state index in [2.05, 4.69) is 0 Å². The molecule has 1 aliphatic carbocycles.